The second-order valence-electron chi connectivity index (χ2n) is 7.79. The molecule has 2 heterocycles. The molecular weight excluding hydrogens is 418 g/mol. The van der Waals surface area contributed by atoms with E-state index in [0.717, 1.165) is 23.3 Å². The van der Waals surface area contributed by atoms with Crippen LogP contribution in [0.5, 0.6) is 11.5 Å². The van der Waals surface area contributed by atoms with E-state index < -0.39 is 0 Å². The number of hydrogen-bond acceptors (Lipinski definition) is 6. The highest BCUT2D eigenvalue weighted by Crippen LogP contribution is 2.26. The highest BCUT2D eigenvalue weighted by molar-refractivity contribution is 5.97. The zero-order valence-corrected chi connectivity index (χ0v) is 18.2. The molecule has 7 nitrogen and oxygen atoms in total. The molecule has 1 aromatic heterocycles. The van der Waals surface area contributed by atoms with Gasteiger partial charge >= 0.3 is 0 Å². The molecule has 3 aromatic carbocycles. The molecule has 0 saturated carbocycles. The van der Waals surface area contributed by atoms with E-state index in [4.69, 9.17) is 14.0 Å². The Hall–Kier alpha value is -4.13. The molecule has 0 aliphatic carbocycles. The van der Waals surface area contributed by atoms with Gasteiger partial charge in [-0.1, -0.05) is 35.5 Å². The number of carbonyl (C=O) groups excluding carboxylic acids is 1. The van der Waals surface area contributed by atoms with E-state index in [2.05, 4.69) is 10.1 Å². The molecule has 0 bridgehead atoms. The molecule has 1 atom stereocenters. The number of aromatic nitrogens is 2. The van der Waals surface area contributed by atoms with E-state index in [1.54, 1.807) is 24.1 Å². The largest absolute Gasteiger partial charge is 0.496 e. The fraction of sp³-hybridized carbons (Fsp3) is 0.192. The number of hydrogen-bond donors (Lipinski definition) is 0. The Bertz CT molecular complexity index is 1240. The van der Waals surface area contributed by atoms with Crippen LogP contribution >= 0.6 is 0 Å². The van der Waals surface area contributed by atoms with Gasteiger partial charge < -0.3 is 18.9 Å². The minimum Gasteiger partial charge on any atom is -0.496 e. The van der Waals surface area contributed by atoms with Gasteiger partial charge in [0, 0.05) is 24.1 Å². The topological polar surface area (TPSA) is 77.7 Å². The number of benzene rings is 3. The number of rotatable bonds is 6. The molecule has 5 rings (SSSR count). The molecule has 1 saturated heterocycles. The van der Waals surface area contributed by atoms with Crippen molar-refractivity contribution in [2.75, 3.05) is 20.2 Å². The molecular formula is C26H23N3O4. The third-order valence-electron chi connectivity index (χ3n) is 5.63. The Balaban J connectivity index is 1.22. The van der Waals surface area contributed by atoms with Crippen LogP contribution in [-0.4, -0.2) is 47.3 Å². The van der Waals surface area contributed by atoms with Crippen LogP contribution in [0.1, 0.15) is 16.8 Å². The normalized spacial score (nSPS) is 15.4. The van der Waals surface area contributed by atoms with Crippen molar-refractivity contribution in [2.45, 2.75) is 12.5 Å². The summed E-state index contributed by atoms with van der Waals surface area (Å²) in [5, 5.41) is 4.09. The minimum atomic E-state index is -0.0654. The third-order valence-corrected chi connectivity index (χ3v) is 5.63. The first kappa shape index (κ1) is 20.8. The summed E-state index contributed by atoms with van der Waals surface area (Å²) < 4.78 is 16.8. The van der Waals surface area contributed by atoms with Gasteiger partial charge in [0.2, 0.25) is 5.82 Å². The van der Waals surface area contributed by atoms with E-state index in [9.17, 15) is 4.79 Å². The summed E-state index contributed by atoms with van der Waals surface area (Å²) in [5.41, 5.74) is 2.29. The maximum Gasteiger partial charge on any atom is 0.258 e. The van der Waals surface area contributed by atoms with Crippen molar-refractivity contribution in [2.24, 2.45) is 0 Å². The van der Waals surface area contributed by atoms with Gasteiger partial charge in [-0.05, 0) is 48.5 Å². The van der Waals surface area contributed by atoms with Crippen LogP contribution in [0.2, 0.25) is 0 Å². The molecule has 1 aliphatic rings. The first-order valence-electron chi connectivity index (χ1n) is 10.8. The van der Waals surface area contributed by atoms with Crippen LogP contribution in [0.4, 0.5) is 0 Å². The molecule has 7 heteroatoms. The number of nitrogens with zero attached hydrogens (tertiary/aromatic N) is 3. The maximum absolute atomic E-state index is 12.9. The molecule has 33 heavy (non-hydrogen) atoms. The van der Waals surface area contributed by atoms with Crippen molar-refractivity contribution in [1.29, 1.82) is 0 Å². The van der Waals surface area contributed by atoms with Gasteiger partial charge in [-0.3, -0.25) is 4.79 Å². The average Bonchev–Trinajstić information content (AvgIpc) is 3.55. The van der Waals surface area contributed by atoms with Crippen molar-refractivity contribution in [1.82, 2.24) is 15.0 Å². The van der Waals surface area contributed by atoms with Gasteiger partial charge in [-0.15, -0.1) is 0 Å². The number of methoxy groups -OCH3 is 1. The lowest BCUT2D eigenvalue weighted by molar-refractivity contribution is 0.0769. The van der Waals surface area contributed by atoms with Crippen LogP contribution in [0, 0.1) is 0 Å². The summed E-state index contributed by atoms with van der Waals surface area (Å²) in [4.78, 5) is 19.2. The van der Waals surface area contributed by atoms with Gasteiger partial charge in [0.1, 0.15) is 17.6 Å². The fourth-order valence-corrected chi connectivity index (χ4v) is 3.91. The van der Waals surface area contributed by atoms with Crippen molar-refractivity contribution < 1.29 is 18.8 Å². The molecule has 1 amide bonds. The molecule has 4 aromatic rings. The molecule has 1 unspecified atom stereocenters. The van der Waals surface area contributed by atoms with Crippen LogP contribution in [-0.2, 0) is 0 Å². The summed E-state index contributed by atoms with van der Waals surface area (Å²) >= 11 is 0. The predicted molar refractivity (Wildman–Crippen MR) is 123 cm³/mol. The number of likely N-dealkylation sites (tertiary alicyclic amines) is 1. The van der Waals surface area contributed by atoms with Crippen molar-refractivity contribution in [3.05, 3.63) is 84.4 Å². The number of para-hydroxylation sites is 1. The number of carbonyl (C=O) groups is 1. The lowest BCUT2D eigenvalue weighted by Gasteiger charge is -2.18. The van der Waals surface area contributed by atoms with E-state index in [1.807, 2.05) is 66.7 Å². The molecule has 1 aliphatic heterocycles. The van der Waals surface area contributed by atoms with Crippen LogP contribution < -0.4 is 9.47 Å². The molecule has 166 valence electrons. The summed E-state index contributed by atoms with van der Waals surface area (Å²) in [6.45, 7) is 1.18. The summed E-state index contributed by atoms with van der Waals surface area (Å²) in [7, 11) is 1.57. The second-order valence-corrected chi connectivity index (χ2v) is 7.79. The highest BCUT2D eigenvalue weighted by atomic mass is 16.5. The van der Waals surface area contributed by atoms with E-state index >= 15 is 0 Å². The quantitative estimate of drug-likeness (QED) is 0.431. The summed E-state index contributed by atoms with van der Waals surface area (Å²) in [6, 6.07) is 24.5. The van der Waals surface area contributed by atoms with Gasteiger partial charge in [0.15, 0.2) is 0 Å². The lowest BCUT2D eigenvalue weighted by Crippen LogP contribution is -2.31. The van der Waals surface area contributed by atoms with Gasteiger partial charge in [0.25, 0.3) is 11.8 Å². The van der Waals surface area contributed by atoms with E-state index in [1.165, 1.54) is 0 Å². The monoisotopic (exact) mass is 441 g/mol. The highest BCUT2D eigenvalue weighted by Gasteiger charge is 2.29. The van der Waals surface area contributed by atoms with Crippen molar-refractivity contribution in [3.8, 4) is 34.3 Å². The number of amides is 1. The first-order valence-corrected chi connectivity index (χ1v) is 10.8. The predicted octanol–water partition coefficient (Wildman–Crippen LogP) is 4.71. The SMILES string of the molecule is COc1ccccc1C(=O)N1CCC(Oc2ccc(-c3noc(-c4ccccc4)n3)cc2)C1. The van der Waals surface area contributed by atoms with Crippen LogP contribution in [0.25, 0.3) is 22.8 Å². The van der Waals surface area contributed by atoms with E-state index in [0.29, 0.717) is 36.1 Å². The van der Waals surface area contributed by atoms with Gasteiger partial charge in [-0.25, -0.2) is 0 Å². The maximum atomic E-state index is 12.9. The Morgan fingerprint density at radius 1 is 0.970 bits per heavy atom. The summed E-state index contributed by atoms with van der Waals surface area (Å²) in [5.74, 6) is 2.29. The van der Waals surface area contributed by atoms with Gasteiger partial charge in [0.05, 0.1) is 19.2 Å². The average molecular weight is 441 g/mol. The molecule has 0 spiro atoms. The number of ether oxygens (including phenoxy) is 2. The Morgan fingerprint density at radius 2 is 1.73 bits per heavy atom. The third kappa shape index (κ3) is 4.43. The zero-order valence-electron chi connectivity index (χ0n) is 18.2. The standard InChI is InChI=1S/C26H23N3O4/c1-31-23-10-6-5-9-22(23)26(30)29-16-15-21(17-29)32-20-13-11-18(12-14-20)24-27-25(33-28-24)19-7-3-2-4-8-19/h2-14,21H,15-17H2,1H3. The molecule has 0 radical (unpaired) electrons. The first-order chi connectivity index (χ1) is 16.2. The summed E-state index contributed by atoms with van der Waals surface area (Å²) in [6.07, 6.45) is 0.706. The fourth-order valence-electron chi connectivity index (χ4n) is 3.91. The Morgan fingerprint density at radius 3 is 2.52 bits per heavy atom. The van der Waals surface area contributed by atoms with Crippen LogP contribution in [0.3, 0.4) is 0 Å². The Kier molecular flexibility index (Phi) is 5.76. The molecule has 1 fully saturated rings. The lowest BCUT2D eigenvalue weighted by atomic mass is 10.2. The second kappa shape index (κ2) is 9.16. The smallest absolute Gasteiger partial charge is 0.258 e. The Labute approximate surface area is 191 Å². The minimum absolute atomic E-state index is 0.0415. The van der Waals surface area contributed by atoms with Crippen molar-refractivity contribution in [3.63, 3.8) is 0 Å². The van der Waals surface area contributed by atoms with Crippen LogP contribution in [0.15, 0.2) is 83.4 Å². The molecule has 0 N–H and O–H groups in total. The van der Waals surface area contributed by atoms with Crippen molar-refractivity contribution >= 4 is 5.91 Å². The van der Waals surface area contributed by atoms with Gasteiger partial charge in [-0.2, -0.15) is 4.98 Å². The zero-order chi connectivity index (χ0) is 22.6. The van der Waals surface area contributed by atoms with E-state index in [-0.39, 0.29) is 12.0 Å².